The highest BCUT2D eigenvalue weighted by Gasteiger charge is 2.38. The van der Waals surface area contributed by atoms with Gasteiger partial charge in [0.2, 0.25) is 0 Å². The molecule has 124 valence electrons. The van der Waals surface area contributed by atoms with Gasteiger partial charge in [0.15, 0.2) is 0 Å². The fraction of sp³-hybridized carbons (Fsp3) is 0.545. The maximum atomic E-state index is 2.47. The van der Waals surface area contributed by atoms with E-state index < -0.39 is 0 Å². The standard InChI is InChI=1S/C22H31N/c1-6-8-10-16-12-13-18-19(14-16)22(3,4)20-15-17(11-9-7-2)23(5)21(18)20/h12-15H,6-11H2,1-5H3. The number of hydrogen-bond acceptors (Lipinski definition) is 0. The lowest BCUT2D eigenvalue weighted by Crippen LogP contribution is -2.14. The van der Waals surface area contributed by atoms with Crippen molar-refractivity contribution in [3.8, 4) is 11.3 Å². The van der Waals surface area contributed by atoms with E-state index in [1.165, 1.54) is 72.2 Å². The molecule has 0 radical (unpaired) electrons. The summed E-state index contributed by atoms with van der Waals surface area (Å²) in [4.78, 5) is 0. The van der Waals surface area contributed by atoms with Gasteiger partial charge in [0, 0.05) is 23.7 Å². The summed E-state index contributed by atoms with van der Waals surface area (Å²) in [6.45, 7) is 9.33. The zero-order chi connectivity index (χ0) is 16.6. The fourth-order valence-electron chi connectivity index (χ4n) is 4.05. The predicted octanol–water partition coefficient (Wildman–Crippen LogP) is 6.02. The molecule has 1 heteroatoms. The quantitative estimate of drug-likeness (QED) is 0.615. The van der Waals surface area contributed by atoms with Crippen molar-refractivity contribution >= 4 is 0 Å². The average molecular weight is 309 g/mol. The zero-order valence-corrected chi connectivity index (χ0v) is 15.5. The number of nitrogens with zero attached hydrogens (tertiary/aromatic N) is 1. The van der Waals surface area contributed by atoms with Gasteiger partial charge in [0.05, 0.1) is 5.69 Å². The number of unbranched alkanes of at least 4 members (excludes halogenated alkanes) is 2. The van der Waals surface area contributed by atoms with Crippen molar-refractivity contribution in [1.29, 1.82) is 0 Å². The van der Waals surface area contributed by atoms with E-state index in [0.717, 1.165) is 0 Å². The van der Waals surface area contributed by atoms with Crippen LogP contribution >= 0.6 is 0 Å². The summed E-state index contributed by atoms with van der Waals surface area (Å²) in [6.07, 6.45) is 7.49. The van der Waals surface area contributed by atoms with Gasteiger partial charge < -0.3 is 4.57 Å². The molecule has 0 saturated heterocycles. The number of aryl methyl sites for hydroxylation is 2. The Hall–Kier alpha value is -1.50. The molecule has 2 aromatic rings. The molecule has 1 aromatic heterocycles. The third-order valence-corrected chi connectivity index (χ3v) is 5.62. The maximum Gasteiger partial charge on any atom is 0.0524 e. The molecule has 0 fully saturated rings. The zero-order valence-electron chi connectivity index (χ0n) is 15.5. The van der Waals surface area contributed by atoms with Crippen molar-refractivity contribution in [2.24, 2.45) is 7.05 Å². The number of benzene rings is 1. The van der Waals surface area contributed by atoms with Crippen LogP contribution in [0.2, 0.25) is 0 Å². The molecule has 1 nitrogen and oxygen atoms in total. The van der Waals surface area contributed by atoms with Gasteiger partial charge in [-0.1, -0.05) is 58.7 Å². The summed E-state index contributed by atoms with van der Waals surface area (Å²) in [6, 6.07) is 9.66. The highest BCUT2D eigenvalue weighted by Crippen LogP contribution is 2.50. The van der Waals surface area contributed by atoms with Gasteiger partial charge in [-0.25, -0.2) is 0 Å². The van der Waals surface area contributed by atoms with Crippen LogP contribution in [0.15, 0.2) is 24.3 Å². The van der Waals surface area contributed by atoms with Gasteiger partial charge in [0.25, 0.3) is 0 Å². The summed E-state index contributed by atoms with van der Waals surface area (Å²) < 4.78 is 2.45. The van der Waals surface area contributed by atoms with Crippen molar-refractivity contribution in [3.05, 3.63) is 46.6 Å². The summed E-state index contributed by atoms with van der Waals surface area (Å²) in [7, 11) is 2.25. The third-order valence-electron chi connectivity index (χ3n) is 5.62. The van der Waals surface area contributed by atoms with Crippen molar-refractivity contribution < 1.29 is 0 Å². The van der Waals surface area contributed by atoms with E-state index in [0.29, 0.717) is 0 Å². The molecule has 0 spiro atoms. The van der Waals surface area contributed by atoms with Crippen LogP contribution in [0.5, 0.6) is 0 Å². The number of aromatic nitrogens is 1. The Morgan fingerprint density at radius 1 is 0.913 bits per heavy atom. The Balaban J connectivity index is 2.04. The summed E-state index contributed by atoms with van der Waals surface area (Å²) in [5, 5.41) is 0. The molecule has 0 N–H and O–H groups in total. The molecular weight excluding hydrogens is 278 g/mol. The Kier molecular flexibility index (Phi) is 4.40. The highest BCUT2D eigenvalue weighted by molar-refractivity contribution is 5.79. The van der Waals surface area contributed by atoms with Gasteiger partial charge >= 0.3 is 0 Å². The second-order valence-electron chi connectivity index (χ2n) is 7.67. The highest BCUT2D eigenvalue weighted by atomic mass is 15.0. The first-order chi connectivity index (χ1) is 11.0. The monoisotopic (exact) mass is 309 g/mol. The molecule has 0 unspecified atom stereocenters. The number of fused-ring (bicyclic) bond motifs is 3. The van der Waals surface area contributed by atoms with E-state index in [4.69, 9.17) is 0 Å². The lowest BCUT2D eigenvalue weighted by molar-refractivity contribution is 0.658. The number of rotatable bonds is 6. The van der Waals surface area contributed by atoms with Gasteiger partial charge in [-0.05, 0) is 48.4 Å². The van der Waals surface area contributed by atoms with E-state index >= 15 is 0 Å². The fourth-order valence-corrected chi connectivity index (χ4v) is 4.05. The van der Waals surface area contributed by atoms with E-state index in [2.05, 4.69) is 63.6 Å². The van der Waals surface area contributed by atoms with Crippen molar-refractivity contribution in [2.45, 2.75) is 71.6 Å². The Bertz CT molecular complexity index is 703. The van der Waals surface area contributed by atoms with E-state index in [1.54, 1.807) is 0 Å². The lowest BCUT2D eigenvalue weighted by Gasteiger charge is -2.21. The van der Waals surface area contributed by atoms with Crippen molar-refractivity contribution in [2.75, 3.05) is 0 Å². The Labute approximate surface area is 141 Å². The average Bonchev–Trinajstić information content (AvgIpc) is 2.98. The predicted molar refractivity (Wildman–Crippen MR) is 100 cm³/mol. The van der Waals surface area contributed by atoms with Gasteiger partial charge in [-0.3, -0.25) is 0 Å². The molecule has 23 heavy (non-hydrogen) atoms. The van der Waals surface area contributed by atoms with E-state index in [1.807, 2.05) is 0 Å². The summed E-state index contributed by atoms with van der Waals surface area (Å²) >= 11 is 0. The van der Waals surface area contributed by atoms with Crippen LogP contribution in [0.1, 0.15) is 75.8 Å². The van der Waals surface area contributed by atoms with E-state index in [-0.39, 0.29) is 5.41 Å². The van der Waals surface area contributed by atoms with E-state index in [9.17, 15) is 0 Å². The lowest BCUT2D eigenvalue weighted by atomic mass is 9.82. The molecule has 0 amide bonds. The Morgan fingerprint density at radius 3 is 2.30 bits per heavy atom. The van der Waals surface area contributed by atoms with Crippen LogP contribution in [0.4, 0.5) is 0 Å². The third kappa shape index (κ3) is 2.65. The minimum absolute atomic E-state index is 0.134. The molecule has 1 aromatic carbocycles. The van der Waals surface area contributed by atoms with Gasteiger partial charge in [0.1, 0.15) is 0 Å². The summed E-state index contributed by atoms with van der Waals surface area (Å²) in [5.74, 6) is 0. The van der Waals surface area contributed by atoms with Crippen LogP contribution in [-0.2, 0) is 25.3 Å². The Morgan fingerprint density at radius 2 is 1.61 bits per heavy atom. The first-order valence-corrected chi connectivity index (χ1v) is 9.33. The summed E-state index contributed by atoms with van der Waals surface area (Å²) in [5.41, 5.74) is 9.08. The van der Waals surface area contributed by atoms with Crippen LogP contribution < -0.4 is 0 Å². The molecule has 0 aliphatic heterocycles. The molecule has 0 bridgehead atoms. The molecular formula is C22H31N. The second kappa shape index (κ2) is 6.19. The minimum Gasteiger partial charge on any atom is -0.347 e. The smallest absolute Gasteiger partial charge is 0.0524 e. The van der Waals surface area contributed by atoms with Crippen molar-refractivity contribution in [3.63, 3.8) is 0 Å². The normalized spacial score (nSPS) is 14.8. The number of hydrogen-bond donors (Lipinski definition) is 0. The topological polar surface area (TPSA) is 4.93 Å². The maximum absolute atomic E-state index is 2.47. The molecule has 1 heterocycles. The second-order valence-corrected chi connectivity index (χ2v) is 7.67. The molecule has 1 aliphatic carbocycles. The SMILES string of the molecule is CCCCc1ccc2c(c1)C(C)(C)c1cc(CCCC)n(C)c1-2. The minimum atomic E-state index is 0.134. The van der Waals surface area contributed by atoms with Gasteiger partial charge in [-0.2, -0.15) is 0 Å². The first kappa shape index (κ1) is 16.4. The molecule has 3 rings (SSSR count). The first-order valence-electron chi connectivity index (χ1n) is 9.33. The van der Waals surface area contributed by atoms with Crippen LogP contribution in [0.3, 0.4) is 0 Å². The molecule has 0 atom stereocenters. The van der Waals surface area contributed by atoms with Crippen LogP contribution in [0.25, 0.3) is 11.3 Å². The molecule has 0 saturated carbocycles. The van der Waals surface area contributed by atoms with Crippen LogP contribution in [-0.4, -0.2) is 4.57 Å². The van der Waals surface area contributed by atoms with Crippen molar-refractivity contribution in [1.82, 2.24) is 4.57 Å². The largest absolute Gasteiger partial charge is 0.347 e. The van der Waals surface area contributed by atoms with Gasteiger partial charge in [-0.15, -0.1) is 0 Å². The molecule has 1 aliphatic rings. The van der Waals surface area contributed by atoms with Crippen LogP contribution in [0, 0.1) is 0 Å².